The summed E-state index contributed by atoms with van der Waals surface area (Å²) in [5, 5.41) is 3.91. The third kappa shape index (κ3) is 4.12. The molecule has 1 aromatic carbocycles. The Hall–Kier alpha value is -1.93. The van der Waals surface area contributed by atoms with E-state index in [-0.39, 0.29) is 16.7 Å². The van der Waals surface area contributed by atoms with Gasteiger partial charge < -0.3 is 9.26 Å². The first-order valence-electron chi connectivity index (χ1n) is 7.59. The lowest BCUT2D eigenvalue weighted by Crippen LogP contribution is -2.40. The van der Waals surface area contributed by atoms with Gasteiger partial charge in [0, 0.05) is 11.5 Å². The molecule has 0 aliphatic rings. The maximum Gasteiger partial charge on any atom is 0.261 e. The Kier molecular flexibility index (Phi) is 5.00. The number of benzene rings is 1. The highest BCUT2D eigenvalue weighted by Crippen LogP contribution is 2.32. The van der Waals surface area contributed by atoms with Crippen LogP contribution in [0.1, 0.15) is 46.4 Å². The van der Waals surface area contributed by atoms with Crippen molar-refractivity contribution in [2.75, 3.05) is 7.11 Å². The highest BCUT2D eigenvalue weighted by atomic mass is 32.2. The van der Waals surface area contributed by atoms with Crippen LogP contribution < -0.4 is 9.46 Å². The molecule has 0 spiro atoms. The average Bonchev–Trinajstić information content (AvgIpc) is 2.94. The van der Waals surface area contributed by atoms with Crippen LogP contribution >= 0.6 is 0 Å². The van der Waals surface area contributed by atoms with Crippen molar-refractivity contribution in [3.05, 3.63) is 24.0 Å². The van der Waals surface area contributed by atoms with E-state index in [0.717, 1.165) is 0 Å². The van der Waals surface area contributed by atoms with Crippen LogP contribution in [0.3, 0.4) is 0 Å². The zero-order chi connectivity index (χ0) is 18.1. The molecule has 0 fully saturated rings. The van der Waals surface area contributed by atoms with Crippen molar-refractivity contribution in [2.24, 2.45) is 0 Å². The van der Waals surface area contributed by atoms with E-state index in [2.05, 4.69) is 14.9 Å². The second-order valence-corrected chi connectivity index (χ2v) is 8.51. The van der Waals surface area contributed by atoms with Crippen LogP contribution in [0, 0.1) is 0 Å². The summed E-state index contributed by atoms with van der Waals surface area (Å²) in [6, 6.07) is 4.53. The smallest absolute Gasteiger partial charge is 0.261 e. The third-order valence-electron chi connectivity index (χ3n) is 3.11. The minimum absolute atomic E-state index is 0.1000. The maximum absolute atomic E-state index is 12.5. The van der Waals surface area contributed by atoms with Gasteiger partial charge in [-0.15, -0.1) is 0 Å². The van der Waals surface area contributed by atoms with Gasteiger partial charge in [-0.3, -0.25) is 0 Å². The molecule has 2 rings (SSSR count). The van der Waals surface area contributed by atoms with Gasteiger partial charge in [-0.1, -0.05) is 19.0 Å². The Morgan fingerprint density at radius 3 is 2.42 bits per heavy atom. The number of sulfonamides is 1. The van der Waals surface area contributed by atoms with Gasteiger partial charge >= 0.3 is 0 Å². The number of hydrogen-bond donors (Lipinski definition) is 1. The van der Waals surface area contributed by atoms with Gasteiger partial charge in [0.15, 0.2) is 5.82 Å². The number of nitrogens with zero attached hydrogens (tertiary/aromatic N) is 2. The Labute approximate surface area is 142 Å². The molecule has 1 aromatic heterocycles. The molecule has 2 aromatic rings. The van der Waals surface area contributed by atoms with Crippen molar-refractivity contribution < 1.29 is 17.7 Å². The van der Waals surface area contributed by atoms with Gasteiger partial charge in [0.2, 0.25) is 10.0 Å². The quantitative estimate of drug-likeness (QED) is 0.888. The predicted octanol–water partition coefficient (Wildman–Crippen LogP) is 2.95. The molecular weight excluding hydrogens is 330 g/mol. The molecule has 8 heteroatoms. The van der Waals surface area contributed by atoms with Crippen molar-refractivity contribution >= 4 is 10.0 Å². The van der Waals surface area contributed by atoms with Crippen LogP contribution in [0.2, 0.25) is 0 Å². The van der Waals surface area contributed by atoms with E-state index in [1.54, 1.807) is 26.8 Å². The Morgan fingerprint density at radius 1 is 1.25 bits per heavy atom. The van der Waals surface area contributed by atoms with Gasteiger partial charge in [-0.25, -0.2) is 13.1 Å². The number of ether oxygens (including phenoxy) is 1. The SMILES string of the molecule is COc1ccc(S(=O)(=O)NC(C)(C)C)cc1-c1nc(C(C)C)no1. The summed E-state index contributed by atoms with van der Waals surface area (Å²) in [7, 11) is -2.18. The van der Waals surface area contributed by atoms with Gasteiger partial charge in [-0.2, -0.15) is 4.98 Å². The fraction of sp³-hybridized carbons (Fsp3) is 0.500. The number of aromatic nitrogens is 2. The topological polar surface area (TPSA) is 94.3 Å². The highest BCUT2D eigenvalue weighted by molar-refractivity contribution is 7.89. The molecule has 1 heterocycles. The maximum atomic E-state index is 12.5. The second-order valence-electron chi connectivity index (χ2n) is 6.83. The molecule has 0 bridgehead atoms. The predicted molar refractivity (Wildman–Crippen MR) is 90.4 cm³/mol. The fourth-order valence-corrected chi connectivity index (χ4v) is 3.51. The number of rotatable bonds is 5. The summed E-state index contributed by atoms with van der Waals surface area (Å²) in [5.41, 5.74) is -0.150. The molecule has 0 aliphatic heterocycles. The molecule has 7 nitrogen and oxygen atoms in total. The molecule has 132 valence electrons. The summed E-state index contributed by atoms with van der Waals surface area (Å²) >= 11 is 0. The molecule has 0 amide bonds. The van der Waals surface area contributed by atoms with Crippen molar-refractivity contribution in [3.63, 3.8) is 0 Å². The fourth-order valence-electron chi connectivity index (χ4n) is 2.06. The number of nitrogens with one attached hydrogen (secondary N) is 1. The van der Waals surface area contributed by atoms with E-state index in [1.807, 2.05) is 13.8 Å². The van der Waals surface area contributed by atoms with Crippen LogP contribution in [0.25, 0.3) is 11.5 Å². The van der Waals surface area contributed by atoms with Crippen LogP contribution in [-0.2, 0) is 10.0 Å². The zero-order valence-corrected chi connectivity index (χ0v) is 15.6. The summed E-state index contributed by atoms with van der Waals surface area (Å²) in [5.74, 6) is 1.34. The lowest BCUT2D eigenvalue weighted by atomic mass is 10.1. The molecular formula is C16H23N3O4S. The van der Waals surface area contributed by atoms with E-state index in [1.165, 1.54) is 19.2 Å². The van der Waals surface area contributed by atoms with Crippen molar-refractivity contribution in [3.8, 4) is 17.2 Å². The average molecular weight is 353 g/mol. The lowest BCUT2D eigenvalue weighted by molar-refractivity contribution is 0.401. The monoisotopic (exact) mass is 353 g/mol. The minimum Gasteiger partial charge on any atom is -0.496 e. The first-order valence-corrected chi connectivity index (χ1v) is 9.08. The van der Waals surface area contributed by atoms with E-state index in [0.29, 0.717) is 17.1 Å². The first kappa shape index (κ1) is 18.4. The van der Waals surface area contributed by atoms with Crippen LogP contribution in [0.5, 0.6) is 5.75 Å². The molecule has 24 heavy (non-hydrogen) atoms. The number of methoxy groups -OCH3 is 1. The zero-order valence-electron chi connectivity index (χ0n) is 14.7. The Balaban J connectivity index is 2.51. The van der Waals surface area contributed by atoms with Gasteiger partial charge in [0.25, 0.3) is 5.89 Å². The van der Waals surface area contributed by atoms with Gasteiger partial charge in [0.1, 0.15) is 5.75 Å². The largest absolute Gasteiger partial charge is 0.496 e. The van der Waals surface area contributed by atoms with Crippen LogP contribution in [0.15, 0.2) is 27.6 Å². The standard InChI is InChI=1S/C16H23N3O4S/c1-10(2)14-17-15(23-18-14)12-9-11(7-8-13(12)22-6)24(20,21)19-16(3,4)5/h7-10,19H,1-6H3. The highest BCUT2D eigenvalue weighted by Gasteiger charge is 2.24. The van der Waals surface area contributed by atoms with Gasteiger partial charge in [0.05, 0.1) is 17.6 Å². The van der Waals surface area contributed by atoms with Crippen molar-refractivity contribution in [1.29, 1.82) is 0 Å². The summed E-state index contributed by atoms with van der Waals surface area (Å²) in [6.07, 6.45) is 0. The van der Waals surface area contributed by atoms with E-state index in [4.69, 9.17) is 9.26 Å². The Bertz CT molecular complexity index is 820. The Morgan fingerprint density at radius 2 is 1.92 bits per heavy atom. The first-order chi connectivity index (χ1) is 11.0. The summed E-state index contributed by atoms with van der Waals surface area (Å²) in [6.45, 7) is 9.23. The molecule has 0 saturated carbocycles. The molecule has 0 unspecified atom stereocenters. The molecule has 0 radical (unpaired) electrons. The normalized spacial score (nSPS) is 12.6. The molecule has 0 aliphatic carbocycles. The van der Waals surface area contributed by atoms with E-state index < -0.39 is 15.6 Å². The summed E-state index contributed by atoms with van der Waals surface area (Å²) in [4.78, 5) is 4.42. The van der Waals surface area contributed by atoms with E-state index >= 15 is 0 Å². The van der Waals surface area contributed by atoms with Crippen molar-refractivity contribution in [1.82, 2.24) is 14.9 Å². The third-order valence-corrected chi connectivity index (χ3v) is 4.87. The minimum atomic E-state index is -3.68. The molecule has 0 saturated heterocycles. The second kappa shape index (κ2) is 6.52. The molecule has 0 atom stereocenters. The molecule has 1 N–H and O–H groups in total. The number of hydrogen-bond acceptors (Lipinski definition) is 6. The van der Waals surface area contributed by atoms with Crippen molar-refractivity contribution in [2.45, 2.75) is 51.0 Å². The lowest BCUT2D eigenvalue weighted by Gasteiger charge is -2.20. The van der Waals surface area contributed by atoms with Crippen LogP contribution in [0.4, 0.5) is 0 Å². The van der Waals surface area contributed by atoms with E-state index in [9.17, 15) is 8.42 Å². The summed E-state index contributed by atoms with van der Waals surface area (Å²) < 4.78 is 38.2. The van der Waals surface area contributed by atoms with Crippen LogP contribution in [-0.4, -0.2) is 31.2 Å². The van der Waals surface area contributed by atoms with Gasteiger partial charge in [-0.05, 0) is 39.0 Å².